The highest BCUT2D eigenvalue weighted by Gasteiger charge is 2.60. The fourth-order valence-corrected chi connectivity index (χ4v) is 5.05. The molecule has 2 atom stereocenters. The van der Waals surface area contributed by atoms with Crippen LogP contribution in [0.25, 0.3) is 0 Å². The van der Waals surface area contributed by atoms with Gasteiger partial charge in [0.15, 0.2) is 0 Å². The standard InChI is InChI=1S/C19H24N2O3S/c1-19(2)17(13-7-9-14(10-8-13)25(20,22)23)18(19)15-11-16(24-21-15)12-5-3-4-6-12/h7-12,17-18H,3-6H2,1-2H3,(H2,20,22,23)/t17-,18-/m1/s1. The van der Waals surface area contributed by atoms with Gasteiger partial charge in [-0.3, -0.25) is 0 Å². The normalized spacial score (nSPS) is 26.0. The molecule has 25 heavy (non-hydrogen) atoms. The van der Waals surface area contributed by atoms with Gasteiger partial charge in [-0.25, -0.2) is 13.6 Å². The van der Waals surface area contributed by atoms with Gasteiger partial charge in [-0.1, -0.05) is 44.0 Å². The highest BCUT2D eigenvalue weighted by Crippen LogP contribution is 2.69. The van der Waals surface area contributed by atoms with Gasteiger partial charge >= 0.3 is 0 Å². The van der Waals surface area contributed by atoms with Crippen molar-refractivity contribution in [1.82, 2.24) is 5.16 Å². The summed E-state index contributed by atoms with van der Waals surface area (Å²) in [6, 6.07) is 9.04. The molecule has 2 saturated carbocycles. The van der Waals surface area contributed by atoms with Gasteiger partial charge in [-0.2, -0.15) is 0 Å². The molecule has 134 valence electrons. The minimum absolute atomic E-state index is 0.0763. The van der Waals surface area contributed by atoms with Crippen LogP contribution in [0.2, 0.25) is 0 Å². The fraction of sp³-hybridized carbons (Fsp3) is 0.526. The smallest absolute Gasteiger partial charge is 0.238 e. The highest BCUT2D eigenvalue weighted by molar-refractivity contribution is 7.89. The molecule has 2 N–H and O–H groups in total. The SMILES string of the molecule is CC1(C)[C@H](c2ccc(S(N)(=O)=O)cc2)[C@H]1c1cc(C2CCCC2)on1. The van der Waals surface area contributed by atoms with Crippen LogP contribution in [0, 0.1) is 5.41 Å². The summed E-state index contributed by atoms with van der Waals surface area (Å²) in [7, 11) is -3.65. The molecule has 0 saturated heterocycles. The zero-order valence-electron chi connectivity index (χ0n) is 14.6. The summed E-state index contributed by atoms with van der Waals surface area (Å²) in [6.07, 6.45) is 4.94. The van der Waals surface area contributed by atoms with Crippen molar-refractivity contribution in [3.8, 4) is 0 Å². The van der Waals surface area contributed by atoms with Crippen LogP contribution in [0.4, 0.5) is 0 Å². The fourth-order valence-electron chi connectivity index (χ4n) is 4.53. The van der Waals surface area contributed by atoms with Gasteiger partial charge < -0.3 is 4.52 Å². The van der Waals surface area contributed by atoms with Crippen molar-refractivity contribution < 1.29 is 12.9 Å². The third-order valence-electron chi connectivity index (χ3n) is 6.02. The molecular weight excluding hydrogens is 336 g/mol. The third kappa shape index (κ3) is 2.91. The maximum atomic E-state index is 11.4. The minimum Gasteiger partial charge on any atom is -0.361 e. The molecule has 6 heteroatoms. The van der Waals surface area contributed by atoms with E-state index in [0.717, 1.165) is 17.0 Å². The van der Waals surface area contributed by atoms with Crippen LogP contribution in [-0.2, 0) is 10.0 Å². The number of hydrogen-bond acceptors (Lipinski definition) is 4. The van der Waals surface area contributed by atoms with Gasteiger partial charge in [0.25, 0.3) is 0 Å². The van der Waals surface area contributed by atoms with Crippen LogP contribution in [0.3, 0.4) is 0 Å². The van der Waals surface area contributed by atoms with E-state index < -0.39 is 10.0 Å². The van der Waals surface area contributed by atoms with Crippen molar-refractivity contribution in [3.05, 3.63) is 47.3 Å². The van der Waals surface area contributed by atoms with E-state index in [1.54, 1.807) is 12.1 Å². The summed E-state index contributed by atoms with van der Waals surface area (Å²) in [6.45, 7) is 4.44. The molecule has 0 spiro atoms. The second-order valence-corrected chi connectivity index (χ2v) is 9.59. The molecule has 0 bridgehead atoms. The summed E-state index contributed by atoms with van der Waals surface area (Å²) >= 11 is 0. The Kier molecular flexibility index (Phi) is 3.81. The zero-order valence-corrected chi connectivity index (χ0v) is 15.4. The molecule has 0 unspecified atom stereocenters. The minimum atomic E-state index is -3.65. The van der Waals surface area contributed by atoms with Gasteiger partial charge in [0.2, 0.25) is 10.0 Å². The van der Waals surface area contributed by atoms with Crippen molar-refractivity contribution in [1.29, 1.82) is 0 Å². The molecule has 5 nitrogen and oxygen atoms in total. The Morgan fingerprint density at radius 3 is 2.36 bits per heavy atom. The topological polar surface area (TPSA) is 86.2 Å². The Bertz CT molecular complexity index is 878. The molecule has 2 aromatic rings. The van der Waals surface area contributed by atoms with Crippen LogP contribution in [0.15, 0.2) is 39.8 Å². The van der Waals surface area contributed by atoms with Crippen molar-refractivity contribution >= 4 is 10.0 Å². The Morgan fingerprint density at radius 1 is 1.12 bits per heavy atom. The second-order valence-electron chi connectivity index (χ2n) is 8.03. The predicted octanol–water partition coefficient (Wildman–Crippen LogP) is 3.89. The molecule has 0 aliphatic heterocycles. The molecule has 2 fully saturated rings. The van der Waals surface area contributed by atoms with Crippen molar-refractivity contribution in [2.24, 2.45) is 10.6 Å². The summed E-state index contributed by atoms with van der Waals surface area (Å²) < 4.78 is 28.5. The van der Waals surface area contributed by atoms with Crippen molar-refractivity contribution in [3.63, 3.8) is 0 Å². The summed E-state index contributed by atoms with van der Waals surface area (Å²) in [4.78, 5) is 0.149. The summed E-state index contributed by atoms with van der Waals surface area (Å²) in [5.74, 6) is 2.16. The van der Waals surface area contributed by atoms with Gasteiger partial charge in [-0.05, 0) is 41.9 Å². The zero-order chi connectivity index (χ0) is 17.8. The van der Waals surface area contributed by atoms with E-state index in [0.29, 0.717) is 17.8 Å². The quantitative estimate of drug-likeness (QED) is 0.896. The predicted molar refractivity (Wildman–Crippen MR) is 94.8 cm³/mol. The molecule has 2 aliphatic carbocycles. The number of nitrogens with two attached hydrogens (primary N) is 1. The van der Waals surface area contributed by atoms with E-state index >= 15 is 0 Å². The van der Waals surface area contributed by atoms with Crippen molar-refractivity contribution in [2.45, 2.75) is 62.2 Å². The molecular formula is C19H24N2O3S. The molecule has 1 heterocycles. The van der Waals surface area contributed by atoms with Gasteiger partial charge in [0, 0.05) is 17.9 Å². The van der Waals surface area contributed by atoms with E-state index in [1.807, 2.05) is 12.1 Å². The lowest BCUT2D eigenvalue weighted by Crippen LogP contribution is -2.11. The average molecular weight is 360 g/mol. The molecule has 0 radical (unpaired) electrons. The molecule has 0 amide bonds. The first-order chi connectivity index (χ1) is 11.8. The van der Waals surface area contributed by atoms with Crippen LogP contribution in [0.1, 0.15) is 74.3 Å². The number of primary sulfonamides is 1. The Balaban J connectivity index is 1.57. The van der Waals surface area contributed by atoms with E-state index in [4.69, 9.17) is 9.66 Å². The highest BCUT2D eigenvalue weighted by atomic mass is 32.2. The monoisotopic (exact) mass is 360 g/mol. The van der Waals surface area contributed by atoms with Crippen LogP contribution in [-0.4, -0.2) is 13.6 Å². The first kappa shape index (κ1) is 16.8. The second kappa shape index (κ2) is 5.68. The van der Waals surface area contributed by atoms with Gasteiger partial charge in [0.1, 0.15) is 5.76 Å². The summed E-state index contributed by atoms with van der Waals surface area (Å²) in [5, 5.41) is 9.54. The molecule has 1 aromatic carbocycles. The van der Waals surface area contributed by atoms with Crippen LogP contribution in [0.5, 0.6) is 0 Å². The van der Waals surface area contributed by atoms with E-state index in [2.05, 4.69) is 25.1 Å². The van der Waals surface area contributed by atoms with Crippen LogP contribution >= 0.6 is 0 Å². The van der Waals surface area contributed by atoms with Crippen LogP contribution < -0.4 is 5.14 Å². The lowest BCUT2D eigenvalue weighted by Gasteiger charge is -2.04. The Labute approximate surface area is 148 Å². The van der Waals surface area contributed by atoms with E-state index in [1.165, 1.54) is 25.7 Å². The van der Waals surface area contributed by atoms with Gasteiger partial charge in [-0.15, -0.1) is 0 Å². The lowest BCUT2D eigenvalue weighted by atomic mass is 10.0. The Hall–Kier alpha value is -1.66. The number of rotatable bonds is 4. The molecule has 1 aromatic heterocycles. The Morgan fingerprint density at radius 2 is 1.76 bits per heavy atom. The first-order valence-electron chi connectivity index (χ1n) is 8.88. The van der Waals surface area contributed by atoms with Gasteiger partial charge in [0.05, 0.1) is 10.6 Å². The first-order valence-corrected chi connectivity index (χ1v) is 10.4. The number of aromatic nitrogens is 1. The number of hydrogen-bond donors (Lipinski definition) is 1. The number of nitrogens with zero attached hydrogens (tertiary/aromatic N) is 1. The lowest BCUT2D eigenvalue weighted by molar-refractivity contribution is 0.354. The van der Waals surface area contributed by atoms with E-state index in [9.17, 15) is 8.42 Å². The number of sulfonamides is 1. The summed E-state index contributed by atoms with van der Waals surface area (Å²) in [5.41, 5.74) is 2.22. The van der Waals surface area contributed by atoms with Crippen molar-refractivity contribution in [2.75, 3.05) is 0 Å². The average Bonchev–Trinajstić information content (AvgIpc) is 3.03. The largest absolute Gasteiger partial charge is 0.361 e. The maximum absolute atomic E-state index is 11.4. The molecule has 2 aliphatic rings. The third-order valence-corrected chi connectivity index (χ3v) is 6.95. The number of benzene rings is 1. The van der Waals surface area contributed by atoms with E-state index in [-0.39, 0.29) is 10.3 Å². The molecule has 4 rings (SSSR count). The maximum Gasteiger partial charge on any atom is 0.238 e.